The average Bonchev–Trinajstić information content (AvgIpc) is 3.18. The maximum atomic E-state index is 15.0. The number of aryl methyl sites for hydroxylation is 1. The summed E-state index contributed by atoms with van der Waals surface area (Å²) < 4.78 is 26.9. The molecule has 3 rings (SSSR count). The number of pyridine rings is 1. The molecule has 0 spiro atoms. The van der Waals surface area contributed by atoms with E-state index in [4.69, 9.17) is 9.47 Å². The van der Waals surface area contributed by atoms with E-state index in [1.807, 2.05) is 18.2 Å². The second kappa shape index (κ2) is 8.65. The molecule has 0 aliphatic rings. The van der Waals surface area contributed by atoms with Gasteiger partial charge >= 0.3 is 6.09 Å². The quantitative estimate of drug-likeness (QED) is 0.598. The SMILES string of the molecule is COc1cccc(C[C@H](c2cn(C(=O)OC(C)(C)C)cn2)c2cccc(C)c2F)n1. The first-order valence-electron chi connectivity index (χ1n) is 9.70. The zero-order chi connectivity index (χ0) is 21.9. The van der Waals surface area contributed by atoms with Crippen LogP contribution in [0.1, 0.15) is 49.2 Å². The van der Waals surface area contributed by atoms with Crippen molar-refractivity contribution in [3.05, 3.63) is 77.3 Å². The standard InChI is InChI=1S/C23H26FN3O3/c1-15-8-6-10-17(21(15)24)18(12-16-9-7-11-20(26-16)29-5)19-13-27(14-25-19)22(28)30-23(2,3)4/h6-11,13-14,18H,12H2,1-5H3/t18-/m0/s1. The number of carbonyl (C=O) groups is 1. The summed E-state index contributed by atoms with van der Waals surface area (Å²) in [6, 6.07) is 10.7. The Labute approximate surface area is 175 Å². The minimum absolute atomic E-state index is 0.294. The van der Waals surface area contributed by atoms with Crippen molar-refractivity contribution in [1.29, 1.82) is 0 Å². The third-order valence-electron chi connectivity index (χ3n) is 4.56. The summed E-state index contributed by atoms with van der Waals surface area (Å²) in [5, 5.41) is 0. The van der Waals surface area contributed by atoms with E-state index in [9.17, 15) is 4.79 Å². The third-order valence-corrected chi connectivity index (χ3v) is 4.56. The van der Waals surface area contributed by atoms with Gasteiger partial charge < -0.3 is 9.47 Å². The first-order valence-corrected chi connectivity index (χ1v) is 9.70. The Morgan fingerprint density at radius 3 is 2.63 bits per heavy atom. The van der Waals surface area contributed by atoms with Crippen molar-refractivity contribution in [2.24, 2.45) is 0 Å². The van der Waals surface area contributed by atoms with Crippen LogP contribution in [0.2, 0.25) is 0 Å². The lowest BCUT2D eigenvalue weighted by atomic mass is 9.90. The fourth-order valence-corrected chi connectivity index (χ4v) is 3.14. The number of rotatable bonds is 5. The molecule has 6 nitrogen and oxygen atoms in total. The van der Waals surface area contributed by atoms with Crippen LogP contribution in [0.15, 0.2) is 48.9 Å². The van der Waals surface area contributed by atoms with Gasteiger partial charge in [-0.05, 0) is 44.9 Å². The van der Waals surface area contributed by atoms with Gasteiger partial charge in [-0.3, -0.25) is 0 Å². The van der Waals surface area contributed by atoms with Gasteiger partial charge in [0.2, 0.25) is 5.88 Å². The molecule has 158 valence electrons. The Bertz CT molecular complexity index is 1040. The molecular weight excluding hydrogens is 385 g/mol. The zero-order valence-electron chi connectivity index (χ0n) is 17.8. The van der Waals surface area contributed by atoms with Crippen LogP contribution in [0.5, 0.6) is 5.88 Å². The maximum absolute atomic E-state index is 15.0. The van der Waals surface area contributed by atoms with Crippen molar-refractivity contribution in [2.75, 3.05) is 7.11 Å². The van der Waals surface area contributed by atoms with E-state index in [2.05, 4.69) is 9.97 Å². The summed E-state index contributed by atoms with van der Waals surface area (Å²) in [6.07, 6.45) is 2.83. The molecule has 1 atom stereocenters. The molecule has 0 saturated heterocycles. The van der Waals surface area contributed by atoms with Gasteiger partial charge in [0, 0.05) is 30.3 Å². The number of aromatic nitrogens is 3. The van der Waals surface area contributed by atoms with Crippen LogP contribution in [0.3, 0.4) is 0 Å². The molecule has 3 aromatic rings. The molecule has 0 aliphatic heterocycles. The lowest BCUT2D eigenvalue weighted by Crippen LogP contribution is -2.26. The van der Waals surface area contributed by atoms with Gasteiger partial charge in [-0.1, -0.05) is 24.3 Å². The minimum Gasteiger partial charge on any atom is -0.481 e. The highest BCUT2D eigenvalue weighted by Crippen LogP contribution is 2.30. The molecular formula is C23H26FN3O3. The number of hydrogen-bond donors (Lipinski definition) is 0. The normalized spacial score (nSPS) is 12.5. The topological polar surface area (TPSA) is 66.2 Å². The number of nitrogens with zero attached hydrogens (tertiary/aromatic N) is 3. The fourth-order valence-electron chi connectivity index (χ4n) is 3.14. The lowest BCUT2D eigenvalue weighted by Gasteiger charge is -2.19. The lowest BCUT2D eigenvalue weighted by molar-refractivity contribution is 0.0536. The maximum Gasteiger partial charge on any atom is 0.419 e. The van der Waals surface area contributed by atoms with Gasteiger partial charge in [0.25, 0.3) is 0 Å². The van der Waals surface area contributed by atoms with E-state index < -0.39 is 17.6 Å². The van der Waals surface area contributed by atoms with Crippen molar-refractivity contribution in [1.82, 2.24) is 14.5 Å². The first-order chi connectivity index (χ1) is 14.2. The number of ether oxygens (including phenoxy) is 2. The molecule has 0 bridgehead atoms. The Morgan fingerprint density at radius 1 is 1.20 bits per heavy atom. The number of carbonyl (C=O) groups excluding carboxylic acids is 1. The number of imidazole rings is 1. The Kier molecular flexibility index (Phi) is 6.20. The third kappa shape index (κ3) is 5.03. The van der Waals surface area contributed by atoms with E-state index in [0.29, 0.717) is 29.1 Å². The van der Waals surface area contributed by atoms with E-state index in [-0.39, 0.29) is 5.82 Å². The molecule has 0 aliphatic carbocycles. The Morgan fingerprint density at radius 2 is 1.93 bits per heavy atom. The van der Waals surface area contributed by atoms with Gasteiger partial charge in [-0.15, -0.1) is 0 Å². The fraction of sp³-hybridized carbons (Fsp3) is 0.348. The number of methoxy groups -OCH3 is 1. The Balaban J connectivity index is 2.00. The molecule has 0 N–H and O–H groups in total. The Hall–Kier alpha value is -3.22. The smallest absolute Gasteiger partial charge is 0.419 e. The van der Waals surface area contributed by atoms with Crippen LogP contribution in [0, 0.1) is 12.7 Å². The average molecular weight is 411 g/mol. The second-order valence-corrected chi connectivity index (χ2v) is 8.09. The summed E-state index contributed by atoms with van der Waals surface area (Å²) in [5.41, 5.74) is 1.69. The van der Waals surface area contributed by atoms with Crippen molar-refractivity contribution in [2.45, 2.75) is 45.6 Å². The van der Waals surface area contributed by atoms with Crippen molar-refractivity contribution >= 4 is 6.09 Å². The van der Waals surface area contributed by atoms with Gasteiger partial charge in [-0.2, -0.15) is 0 Å². The molecule has 0 amide bonds. The molecule has 0 radical (unpaired) electrons. The van der Waals surface area contributed by atoms with Crippen LogP contribution in [0.4, 0.5) is 9.18 Å². The van der Waals surface area contributed by atoms with E-state index in [1.54, 1.807) is 59.2 Å². The van der Waals surface area contributed by atoms with Crippen molar-refractivity contribution in [3.8, 4) is 5.88 Å². The molecule has 2 heterocycles. The van der Waals surface area contributed by atoms with Crippen LogP contribution in [-0.4, -0.2) is 33.3 Å². The van der Waals surface area contributed by atoms with Crippen LogP contribution < -0.4 is 4.74 Å². The van der Waals surface area contributed by atoms with E-state index in [0.717, 1.165) is 5.69 Å². The van der Waals surface area contributed by atoms with Crippen LogP contribution in [0.25, 0.3) is 0 Å². The highest BCUT2D eigenvalue weighted by molar-refractivity contribution is 5.70. The summed E-state index contributed by atoms with van der Waals surface area (Å²) in [4.78, 5) is 21.2. The predicted molar refractivity (Wildman–Crippen MR) is 111 cm³/mol. The summed E-state index contributed by atoms with van der Waals surface area (Å²) in [5.74, 6) is -0.249. The van der Waals surface area contributed by atoms with Gasteiger partial charge in [-0.25, -0.2) is 23.7 Å². The molecule has 0 unspecified atom stereocenters. The number of benzene rings is 1. The number of hydrogen-bond acceptors (Lipinski definition) is 5. The minimum atomic E-state index is -0.631. The summed E-state index contributed by atoms with van der Waals surface area (Å²) in [6.45, 7) is 7.10. The van der Waals surface area contributed by atoms with Gasteiger partial charge in [0.15, 0.2) is 0 Å². The zero-order valence-corrected chi connectivity index (χ0v) is 17.8. The number of halogens is 1. The molecule has 0 fully saturated rings. The van der Waals surface area contributed by atoms with E-state index in [1.165, 1.54) is 10.9 Å². The molecule has 7 heteroatoms. The van der Waals surface area contributed by atoms with Crippen LogP contribution in [-0.2, 0) is 11.2 Å². The molecule has 0 saturated carbocycles. The molecule has 2 aromatic heterocycles. The van der Waals surface area contributed by atoms with E-state index >= 15 is 4.39 Å². The van der Waals surface area contributed by atoms with Gasteiger partial charge in [0.05, 0.1) is 12.8 Å². The monoisotopic (exact) mass is 411 g/mol. The van der Waals surface area contributed by atoms with Crippen molar-refractivity contribution < 1.29 is 18.7 Å². The predicted octanol–water partition coefficient (Wildman–Crippen LogP) is 4.89. The van der Waals surface area contributed by atoms with Gasteiger partial charge in [0.1, 0.15) is 17.7 Å². The molecule has 30 heavy (non-hydrogen) atoms. The highest BCUT2D eigenvalue weighted by Gasteiger charge is 2.25. The summed E-state index contributed by atoms with van der Waals surface area (Å²) in [7, 11) is 1.55. The van der Waals surface area contributed by atoms with Crippen LogP contribution >= 0.6 is 0 Å². The second-order valence-electron chi connectivity index (χ2n) is 8.09. The summed E-state index contributed by atoms with van der Waals surface area (Å²) >= 11 is 0. The largest absolute Gasteiger partial charge is 0.481 e. The van der Waals surface area contributed by atoms with Crippen molar-refractivity contribution in [3.63, 3.8) is 0 Å². The highest BCUT2D eigenvalue weighted by atomic mass is 19.1. The first kappa shape index (κ1) is 21.5. The molecule has 1 aromatic carbocycles.